The molecule has 1 aliphatic rings. The SMILES string of the molecule is CCOc1cc(C=C2SC(=S)NC2=O)ccc1OCCCOc1ccccc1Cl. The van der Waals surface area contributed by atoms with Crippen molar-refractivity contribution < 1.29 is 19.0 Å². The summed E-state index contributed by atoms with van der Waals surface area (Å²) in [5, 5.41) is 3.19. The van der Waals surface area contributed by atoms with E-state index in [4.69, 9.17) is 38.0 Å². The molecule has 29 heavy (non-hydrogen) atoms. The minimum atomic E-state index is -0.184. The summed E-state index contributed by atoms with van der Waals surface area (Å²) in [5.74, 6) is 1.75. The van der Waals surface area contributed by atoms with Gasteiger partial charge in [-0.05, 0) is 42.8 Å². The van der Waals surface area contributed by atoms with Crippen molar-refractivity contribution >= 4 is 51.9 Å². The lowest BCUT2D eigenvalue weighted by molar-refractivity contribution is -0.115. The Morgan fingerprint density at radius 3 is 2.52 bits per heavy atom. The van der Waals surface area contributed by atoms with E-state index in [1.807, 2.05) is 43.3 Å². The van der Waals surface area contributed by atoms with Gasteiger partial charge in [0, 0.05) is 6.42 Å². The summed E-state index contributed by atoms with van der Waals surface area (Å²) in [5.41, 5.74) is 0.838. The molecule has 0 radical (unpaired) electrons. The number of ether oxygens (including phenoxy) is 3. The second-order valence-corrected chi connectivity index (χ2v) is 8.10. The minimum Gasteiger partial charge on any atom is -0.492 e. The van der Waals surface area contributed by atoms with Gasteiger partial charge in [-0.15, -0.1) is 0 Å². The lowest BCUT2D eigenvalue weighted by Crippen LogP contribution is -2.17. The first kappa shape index (κ1) is 21.5. The molecule has 5 nitrogen and oxygen atoms in total. The molecule has 2 aromatic carbocycles. The van der Waals surface area contributed by atoms with Gasteiger partial charge in [-0.3, -0.25) is 4.79 Å². The van der Waals surface area contributed by atoms with Crippen molar-refractivity contribution in [3.05, 3.63) is 58.0 Å². The van der Waals surface area contributed by atoms with E-state index >= 15 is 0 Å². The Labute approximate surface area is 184 Å². The summed E-state index contributed by atoms with van der Waals surface area (Å²) in [6.45, 7) is 3.37. The zero-order valence-corrected chi connectivity index (χ0v) is 18.2. The first-order valence-corrected chi connectivity index (χ1v) is 10.7. The van der Waals surface area contributed by atoms with Crippen LogP contribution in [0.25, 0.3) is 6.08 Å². The average molecular weight is 450 g/mol. The summed E-state index contributed by atoms with van der Waals surface area (Å²) in [6, 6.07) is 12.9. The van der Waals surface area contributed by atoms with Gasteiger partial charge in [-0.25, -0.2) is 0 Å². The number of nitrogens with one attached hydrogen (secondary N) is 1. The maximum atomic E-state index is 11.8. The van der Waals surface area contributed by atoms with Crippen LogP contribution in [0.5, 0.6) is 17.2 Å². The van der Waals surface area contributed by atoms with Gasteiger partial charge < -0.3 is 19.5 Å². The van der Waals surface area contributed by atoms with Crippen molar-refractivity contribution in [1.29, 1.82) is 0 Å². The number of hydrogen-bond donors (Lipinski definition) is 1. The Balaban J connectivity index is 1.57. The van der Waals surface area contributed by atoms with E-state index in [0.29, 0.717) is 57.7 Å². The lowest BCUT2D eigenvalue weighted by atomic mass is 10.2. The highest BCUT2D eigenvalue weighted by Crippen LogP contribution is 2.32. The Bertz CT molecular complexity index is 933. The van der Waals surface area contributed by atoms with Gasteiger partial charge >= 0.3 is 0 Å². The summed E-state index contributed by atoms with van der Waals surface area (Å²) in [4.78, 5) is 12.4. The van der Waals surface area contributed by atoms with E-state index in [-0.39, 0.29) is 5.91 Å². The van der Waals surface area contributed by atoms with Crippen molar-refractivity contribution in [2.75, 3.05) is 19.8 Å². The van der Waals surface area contributed by atoms with E-state index in [0.717, 1.165) is 5.56 Å². The van der Waals surface area contributed by atoms with Crippen LogP contribution in [0.2, 0.25) is 5.02 Å². The molecule has 1 aliphatic heterocycles. The van der Waals surface area contributed by atoms with E-state index in [2.05, 4.69) is 5.32 Å². The Morgan fingerprint density at radius 2 is 1.83 bits per heavy atom. The fraction of sp³-hybridized carbons (Fsp3) is 0.238. The van der Waals surface area contributed by atoms with Crippen LogP contribution in [-0.2, 0) is 4.79 Å². The topological polar surface area (TPSA) is 56.8 Å². The molecule has 0 aromatic heterocycles. The number of para-hydroxylation sites is 1. The quantitative estimate of drug-likeness (QED) is 0.327. The van der Waals surface area contributed by atoms with Gasteiger partial charge in [-0.2, -0.15) is 0 Å². The maximum absolute atomic E-state index is 11.8. The molecule has 8 heteroatoms. The van der Waals surface area contributed by atoms with Crippen LogP contribution in [0.15, 0.2) is 47.4 Å². The fourth-order valence-corrected chi connectivity index (χ4v) is 3.79. The largest absolute Gasteiger partial charge is 0.492 e. The van der Waals surface area contributed by atoms with Gasteiger partial charge in [0.1, 0.15) is 10.1 Å². The predicted molar refractivity (Wildman–Crippen MR) is 121 cm³/mol. The van der Waals surface area contributed by atoms with Gasteiger partial charge in [0.15, 0.2) is 11.5 Å². The number of carbonyl (C=O) groups is 1. The van der Waals surface area contributed by atoms with Crippen molar-refractivity contribution in [3.8, 4) is 17.2 Å². The predicted octanol–water partition coefficient (Wildman–Crippen LogP) is 5.08. The van der Waals surface area contributed by atoms with Gasteiger partial charge in [-0.1, -0.05) is 53.8 Å². The Hall–Kier alpha value is -2.22. The molecule has 0 unspecified atom stereocenters. The number of carbonyl (C=O) groups excluding carboxylic acids is 1. The molecule has 152 valence electrons. The molecule has 0 spiro atoms. The number of rotatable bonds is 9. The summed E-state index contributed by atoms with van der Waals surface area (Å²) in [7, 11) is 0. The molecular formula is C21H20ClNO4S2. The number of thiocarbonyl (C=S) groups is 1. The molecule has 1 saturated heterocycles. The Morgan fingerprint density at radius 1 is 1.07 bits per heavy atom. The average Bonchev–Trinajstić information content (AvgIpc) is 3.01. The minimum absolute atomic E-state index is 0.184. The van der Waals surface area contributed by atoms with Crippen LogP contribution in [0.1, 0.15) is 18.9 Å². The third-order valence-corrected chi connectivity index (χ3v) is 5.32. The van der Waals surface area contributed by atoms with Gasteiger partial charge in [0.25, 0.3) is 5.91 Å². The summed E-state index contributed by atoms with van der Waals surface area (Å²) in [6.07, 6.45) is 2.47. The molecule has 0 aliphatic carbocycles. The van der Waals surface area contributed by atoms with Crippen LogP contribution in [0.3, 0.4) is 0 Å². The number of thioether (sulfide) groups is 1. The molecule has 1 N–H and O–H groups in total. The fourth-order valence-electron chi connectivity index (χ4n) is 2.56. The molecule has 1 fully saturated rings. The van der Waals surface area contributed by atoms with Crippen molar-refractivity contribution in [3.63, 3.8) is 0 Å². The number of benzene rings is 2. The van der Waals surface area contributed by atoms with Crippen molar-refractivity contribution in [2.24, 2.45) is 0 Å². The highest BCUT2D eigenvalue weighted by atomic mass is 35.5. The second kappa shape index (κ2) is 10.5. The molecule has 0 bridgehead atoms. The highest BCUT2D eigenvalue weighted by Gasteiger charge is 2.22. The van der Waals surface area contributed by atoms with Crippen molar-refractivity contribution in [1.82, 2.24) is 5.32 Å². The second-order valence-electron chi connectivity index (χ2n) is 5.97. The number of halogens is 1. The molecule has 3 rings (SSSR count). The maximum Gasteiger partial charge on any atom is 0.263 e. The molecule has 0 saturated carbocycles. The summed E-state index contributed by atoms with van der Waals surface area (Å²) >= 11 is 12.3. The normalized spacial score (nSPS) is 14.8. The van der Waals surface area contributed by atoms with Crippen molar-refractivity contribution in [2.45, 2.75) is 13.3 Å². The standard InChI is InChI=1S/C21H20ClNO4S2/c1-2-25-18-12-14(13-19-20(24)23-21(28)29-19)8-9-17(18)27-11-5-10-26-16-7-4-3-6-15(16)22/h3-4,6-9,12-13H,2,5,10-11H2,1H3,(H,23,24,28). The van der Waals surface area contributed by atoms with E-state index in [1.165, 1.54) is 11.8 Å². The lowest BCUT2D eigenvalue weighted by Gasteiger charge is -2.13. The molecule has 2 aromatic rings. The molecule has 1 heterocycles. The number of amides is 1. The van der Waals surface area contributed by atoms with Crippen LogP contribution in [0, 0.1) is 0 Å². The zero-order chi connectivity index (χ0) is 20.6. The smallest absolute Gasteiger partial charge is 0.263 e. The monoisotopic (exact) mass is 449 g/mol. The highest BCUT2D eigenvalue weighted by molar-refractivity contribution is 8.26. The van der Waals surface area contributed by atoms with Crippen LogP contribution < -0.4 is 19.5 Å². The number of hydrogen-bond acceptors (Lipinski definition) is 6. The molecular weight excluding hydrogens is 430 g/mol. The molecule has 1 amide bonds. The summed E-state index contributed by atoms with van der Waals surface area (Å²) < 4.78 is 17.7. The van der Waals surface area contributed by atoms with Crippen LogP contribution in [-0.4, -0.2) is 30.0 Å². The third kappa shape index (κ3) is 6.13. The Kier molecular flexibility index (Phi) is 7.80. The first-order chi connectivity index (χ1) is 14.1. The zero-order valence-electron chi connectivity index (χ0n) is 15.8. The molecule has 0 atom stereocenters. The third-order valence-electron chi connectivity index (χ3n) is 3.85. The van der Waals surface area contributed by atoms with E-state index in [1.54, 1.807) is 12.1 Å². The first-order valence-electron chi connectivity index (χ1n) is 9.08. The van der Waals surface area contributed by atoms with Gasteiger partial charge in [0.05, 0.1) is 29.7 Å². The van der Waals surface area contributed by atoms with E-state index < -0.39 is 0 Å². The van der Waals surface area contributed by atoms with Gasteiger partial charge in [0.2, 0.25) is 0 Å². The van der Waals surface area contributed by atoms with Crippen LogP contribution in [0.4, 0.5) is 0 Å². The van der Waals surface area contributed by atoms with E-state index in [9.17, 15) is 4.79 Å². The van der Waals surface area contributed by atoms with Crippen LogP contribution >= 0.6 is 35.6 Å².